The van der Waals surface area contributed by atoms with Crippen LogP contribution in [-0.4, -0.2) is 13.1 Å². The number of halogens is 4. The zero-order valence-corrected chi connectivity index (χ0v) is 9.65. The molecule has 2 aliphatic rings. The molecular formula is C13H13F4N. The van der Waals surface area contributed by atoms with Crippen LogP contribution < -0.4 is 5.32 Å². The highest BCUT2D eigenvalue weighted by Gasteiger charge is 2.56. The van der Waals surface area contributed by atoms with Crippen molar-refractivity contribution in [3.63, 3.8) is 0 Å². The highest BCUT2D eigenvalue weighted by atomic mass is 19.4. The van der Waals surface area contributed by atoms with E-state index in [4.69, 9.17) is 0 Å². The molecule has 98 valence electrons. The average molecular weight is 259 g/mol. The lowest BCUT2D eigenvalue weighted by Crippen LogP contribution is -2.11. The Labute approximate surface area is 102 Å². The van der Waals surface area contributed by atoms with Crippen molar-refractivity contribution in [2.24, 2.45) is 5.41 Å². The number of nitrogens with one attached hydrogen (secondary N) is 1. The third-order valence-corrected chi connectivity index (χ3v) is 4.17. The normalized spacial score (nSPS) is 31.0. The van der Waals surface area contributed by atoms with Crippen LogP contribution in [0.25, 0.3) is 0 Å². The monoisotopic (exact) mass is 259 g/mol. The minimum absolute atomic E-state index is 0.0785. The molecule has 1 nitrogen and oxygen atoms in total. The van der Waals surface area contributed by atoms with E-state index in [0.717, 1.165) is 32.0 Å². The molecule has 1 saturated heterocycles. The van der Waals surface area contributed by atoms with Crippen molar-refractivity contribution in [3.8, 4) is 0 Å². The van der Waals surface area contributed by atoms with Crippen molar-refractivity contribution in [2.45, 2.75) is 24.9 Å². The van der Waals surface area contributed by atoms with Gasteiger partial charge in [-0.3, -0.25) is 0 Å². The Morgan fingerprint density at radius 3 is 2.61 bits per heavy atom. The van der Waals surface area contributed by atoms with Crippen molar-refractivity contribution in [2.75, 3.05) is 13.1 Å². The van der Waals surface area contributed by atoms with Crippen LogP contribution in [0.2, 0.25) is 0 Å². The van der Waals surface area contributed by atoms with Crippen molar-refractivity contribution in [3.05, 3.63) is 35.1 Å². The van der Waals surface area contributed by atoms with E-state index in [0.29, 0.717) is 11.6 Å². The average Bonchev–Trinajstić information content (AvgIpc) is 2.75. The van der Waals surface area contributed by atoms with Crippen molar-refractivity contribution < 1.29 is 17.6 Å². The molecule has 0 aromatic heterocycles. The van der Waals surface area contributed by atoms with Crippen LogP contribution in [0.15, 0.2) is 18.2 Å². The number of benzene rings is 1. The molecule has 2 fully saturated rings. The zero-order valence-electron chi connectivity index (χ0n) is 9.65. The third kappa shape index (κ3) is 1.81. The van der Waals surface area contributed by atoms with Gasteiger partial charge >= 0.3 is 6.18 Å². The van der Waals surface area contributed by atoms with Gasteiger partial charge in [0.1, 0.15) is 5.82 Å². The Hall–Kier alpha value is -1.10. The molecule has 1 aromatic rings. The van der Waals surface area contributed by atoms with E-state index in [-0.39, 0.29) is 11.3 Å². The lowest BCUT2D eigenvalue weighted by molar-refractivity contribution is -0.137. The van der Waals surface area contributed by atoms with Gasteiger partial charge in [-0.1, -0.05) is 6.07 Å². The zero-order chi connectivity index (χ0) is 13.0. The maximum absolute atomic E-state index is 13.8. The predicted octanol–water partition coefficient (Wildman–Crippen LogP) is 3.31. The molecule has 0 radical (unpaired) electrons. The van der Waals surface area contributed by atoms with Crippen LogP contribution in [0.1, 0.15) is 29.9 Å². The third-order valence-electron chi connectivity index (χ3n) is 4.17. The number of hydrogen-bond acceptors (Lipinski definition) is 1. The number of hydrogen-bond donors (Lipinski definition) is 1. The summed E-state index contributed by atoms with van der Waals surface area (Å²) < 4.78 is 51.1. The number of alkyl halides is 3. The molecule has 1 N–H and O–H groups in total. The quantitative estimate of drug-likeness (QED) is 0.763. The lowest BCUT2D eigenvalue weighted by Gasteiger charge is -2.11. The second-order valence-corrected chi connectivity index (χ2v) is 5.28. The summed E-state index contributed by atoms with van der Waals surface area (Å²) in [5, 5.41) is 3.23. The summed E-state index contributed by atoms with van der Waals surface area (Å²) in [6.07, 6.45) is -2.62. The molecule has 1 heterocycles. The van der Waals surface area contributed by atoms with Crippen molar-refractivity contribution >= 4 is 0 Å². The Bertz CT molecular complexity index is 474. The van der Waals surface area contributed by atoms with Gasteiger partial charge in [-0.2, -0.15) is 13.2 Å². The molecule has 0 bridgehead atoms. The summed E-state index contributed by atoms with van der Waals surface area (Å²) in [6.45, 7) is 1.76. The van der Waals surface area contributed by atoms with Crippen LogP contribution >= 0.6 is 0 Å². The second kappa shape index (κ2) is 3.70. The van der Waals surface area contributed by atoms with Crippen LogP contribution in [0.5, 0.6) is 0 Å². The first kappa shape index (κ1) is 12.0. The summed E-state index contributed by atoms with van der Waals surface area (Å²) >= 11 is 0. The van der Waals surface area contributed by atoms with E-state index in [2.05, 4.69) is 5.32 Å². The molecule has 1 aliphatic heterocycles. The highest BCUT2D eigenvalue weighted by molar-refractivity contribution is 5.35. The summed E-state index contributed by atoms with van der Waals surface area (Å²) in [6, 6.07) is 2.90. The second-order valence-electron chi connectivity index (χ2n) is 5.28. The summed E-state index contributed by atoms with van der Waals surface area (Å²) in [5.74, 6) is -0.645. The molecule has 1 aliphatic carbocycles. The van der Waals surface area contributed by atoms with Gasteiger partial charge in [-0.25, -0.2) is 4.39 Å². The minimum Gasteiger partial charge on any atom is -0.316 e. The summed E-state index contributed by atoms with van der Waals surface area (Å²) in [5.41, 5.74) is -0.379. The van der Waals surface area contributed by atoms with Gasteiger partial charge in [0.2, 0.25) is 0 Å². The molecular weight excluding hydrogens is 246 g/mol. The highest BCUT2D eigenvalue weighted by Crippen LogP contribution is 2.63. The fourth-order valence-electron chi connectivity index (χ4n) is 3.01. The van der Waals surface area contributed by atoms with Crippen LogP contribution in [0, 0.1) is 11.2 Å². The number of rotatable bonds is 1. The maximum Gasteiger partial charge on any atom is 0.416 e. The van der Waals surface area contributed by atoms with Gasteiger partial charge in [-0.15, -0.1) is 0 Å². The van der Waals surface area contributed by atoms with Gasteiger partial charge in [-0.05, 0) is 48.4 Å². The molecule has 0 amide bonds. The molecule has 1 saturated carbocycles. The van der Waals surface area contributed by atoms with Crippen LogP contribution in [-0.2, 0) is 6.18 Å². The first-order valence-corrected chi connectivity index (χ1v) is 6.00. The van der Waals surface area contributed by atoms with Crippen molar-refractivity contribution in [1.82, 2.24) is 5.32 Å². The fraction of sp³-hybridized carbons (Fsp3) is 0.538. The van der Waals surface area contributed by atoms with Gasteiger partial charge < -0.3 is 5.32 Å². The van der Waals surface area contributed by atoms with E-state index in [1.807, 2.05) is 0 Å². The van der Waals surface area contributed by atoms with Crippen LogP contribution in [0.3, 0.4) is 0 Å². The van der Waals surface area contributed by atoms with E-state index in [9.17, 15) is 17.6 Å². The van der Waals surface area contributed by atoms with E-state index < -0.39 is 17.6 Å². The Morgan fingerprint density at radius 2 is 2.06 bits per heavy atom. The molecule has 1 aromatic carbocycles. The minimum atomic E-state index is -4.48. The molecule has 3 rings (SSSR count). The SMILES string of the molecule is Fc1cc(C(F)(F)F)ccc1C1CC12CCNC2. The molecule has 2 atom stereocenters. The van der Waals surface area contributed by atoms with E-state index >= 15 is 0 Å². The van der Waals surface area contributed by atoms with E-state index in [1.54, 1.807) is 0 Å². The topological polar surface area (TPSA) is 12.0 Å². The smallest absolute Gasteiger partial charge is 0.316 e. The predicted molar refractivity (Wildman–Crippen MR) is 58.7 cm³/mol. The standard InChI is InChI=1S/C13H13F4N/c14-11-5-8(13(15,16)17)1-2-9(11)10-6-12(10)3-4-18-7-12/h1-2,5,10,18H,3-4,6-7H2. The maximum atomic E-state index is 13.8. The molecule has 1 spiro atoms. The van der Waals surface area contributed by atoms with Gasteiger partial charge in [0.05, 0.1) is 5.56 Å². The molecule has 2 unspecified atom stereocenters. The molecule has 18 heavy (non-hydrogen) atoms. The first-order chi connectivity index (χ1) is 8.42. The largest absolute Gasteiger partial charge is 0.416 e. The van der Waals surface area contributed by atoms with Gasteiger partial charge in [0.25, 0.3) is 0 Å². The Kier molecular flexibility index (Phi) is 2.46. The van der Waals surface area contributed by atoms with Gasteiger partial charge in [0, 0.05) is 6.54 Å². The Morgan fingerprint density at radius 1 is 1.28 bits per heavy atom. The Balaban J connectivity index is 1.87. The van der Waals surface area contributed by atoms with Crippen LogP contribution in [0.4, 0.5) is 17.6 Å². The van der Waals surface area contributed by atoms with Crippen molar-refractivity contribution in [1.29, 1.82) is 0 Å². The lowest BCUT2D eigenvalue weighted by atomic mass is 9.97. The summed E-state index contributed by atoms with van der Waals surface area (Å²) in [4.78, 5) is 0. The van der Waals surface area contributed by atoms with Gasteiger partial charge in [0.15, 0.2) is 0 Å². The fourth-order valence-corrected chi connectivity index (χ4v) is 3.01. The first-order valence-electron chi connectivity index (χ1n) is 6.00. The molecule has 5 heteroatoms. The van der Waals surface area contributed by atoms with E-state index in [1.165, 1.54) is 6.07 Å². The summed E-state index contributed by atoms with van der Waals surface area (Å²) in [7, 11) is 0.